The summed E-state index contributed by atoms with van der Waals surface area (Å²) in [4.78, 5) is 4.72. The summed E-state index contributed by atoms with van der Waals surface area (Å²) < 4.78 is 5.66. The molecule has 0 spiro atoms. The zero-order valence-corrected chi connectivity index (χ0v) is 16.8. The molecule has 1 atom stereocenters. The predicted octanol–water partition coefficient (Wildman–Crippen LogP) is 6.93. The third kappa shape index (κ3) is 6.82. The van der Waals surface area contributed by atoms with Crippen LogP contribution in [-0.4, -0.2) is 11.6 Å². The average Bonchev–Trinajstić information content (AvgIpc) is 2.69. The monoisotopic (exact) mass is 353 g/mol. The molecular weight excluding hydrogens is 318 g/mol. The second-order valence-electron chi connectivity index (χ2n) is 7.25. The van der Waals surface area contributed by atoms with Crippen molar-refractivity contribution in [1.29, 1.82) is 0 Å². The maximum absolute atomic E-state index is 5.66. The van der Waals surface area contributed by atoms with E-state index >= 15 is 0 Å². The van der Waals surface area contributed by atoms with Gasteiger partial charge in [-0.3, -0.25) is 4.98 Å². The first-order valence-corrected chi connectivity index (χ1v) is 10.4. The quantitative estimate of drug-likeness (QED) is 0.386. The van der Waals surface area contributed by atoms with Crippen molar-refractivity contribution in [3.63, 3.8) is 0 Å². The molecule has 1 heterocycles. The van der Waals surface area contributed by atoms with Crippen molar-refractivity contribution in [3.05, 3.63) is 59.4 Å². The second-order valence-corrected chi connectivity index (χ2v) is 7.25. The number of rotatable bonds is 12. The van der Waals surface area contributed by atoms with E-state index in [4.69, 9.17) is 9.72 Å². The number of pyridine rings is 1. The fourth-order valence-electron chi connectivity index (χ4n) is 3.19. The van der Waals surface area contributed by atoms with Crippen LogP contribution in [0.5, 0.6) is 5.75 Å². The van der Waals surface area contributed by atoms with Gasteiger partial charge in [-0.1, -0.05) is 71.1 Å². The van der Waals surface area contributed by atoms with Crippen molar-refractivity contribution >= 4 is 0 Å². The van der Waals surface area contributed by atoms with Gasteiger partial charge in [0.05, 0.1) is 6.61 Å². The minimum absolute atomic E-state index is 0.304. The van der Waals surface area contributed by atoms with Gasteiger partial charge in [-0.2, -0.15) is 0 Å². The first-order valence-electron chi connectivity index (χ1n) is 10.4. The summed E-state index contributed by atoms with van der Waals surface area (Å²) >= 11 is 0. The number of ether oxygens (including phenoxy) is 1. The van der Waals surface area contributed by atoms with Crippen LogP contribution < -0.4 is 4.74 Å². The number of nitrogens with zero attached hydrogens (tertiary/aromatic N) is 1. The topological polar surface area (TPSA) is 22.1 Å². The van der Waals surface area contributed by atoms with Crippen LogP contribution in [0.15, 0.2) is 42.6 Å². The minimum Gasteiger partial charge on any atom is -0.494 e. The molecule has 0 aliphatic heterocycles. The van der Waals surface area contributed by atoms with Crippen LogP contribution >= 0.6 is 0 Å². The highest BCUT2D eigenvalue weighted by atomic mass is 16.5. The smallest absolute Gasteiger partial charge is 0.119 e. The molecule has 0 bridgehead atoms. The fourth-order valence-corrected chi connectivity index (χ4v) is 3.19. The van der Waals surface area contributed by atoms with Gasteiger partial charge in [0, 0.05) is 17.8 Å². The molecule has 1 aromatic carbocycles. The molecule has 2 rings (SSSR count). The molecule has 142 valence electrons. The Kier molecular flexibility index (Phi) is 9.23. The van der Waals surface area contributed by atoms with E-state index in [1.54, 1.807) is 0 Å². The molecule has 1 aromatic heterocycles. The van der Waals surface area contributed by atoms with Crippen molar-refractivity contribution in [3.8, 4) is 5.75 Å². The molecule has 0 saturated heterocycles. The normalized spacial score (nSPS) is 12.1. The van der Waals surface area contributed by atoms with Gasteiger partial charge in [-0.25, -0.2) is 0 Å². The Balaban J connectivity index is 1.83. The first kappa shape index (κ1) is 20.5. The van der Waals surface area contributed by atoms with Crippen LogP contribution in [0.3, 0.4) is 0 Å². The Morgan fingerprint density at radius 2 is 1.58 bits per heavy atom. The molecule has 0 aliphatic carbocycles. The lowest BCUT2D eigenvalue weighted by atomic mass is 9.96. The molecule has 2 aromatic rings. The molecule has 0 N–H and O–H groups in total. The molecule has 26 heavy (non-hydrogen) atoms. The molecule has 1 unspecified atom stereocenters. The Bertz CT molecular complexity index is 603. The lowest BCUT2D eigenvalue weighted by molar-refractivity contribution is 0.317. The molecule has 2 nitrogen and oxygen atoms in total. The van der Waals surface area contributed by atoms with E-state index in [2.05, 4.69) is 63.4 Å². The Morgan fingerprint density at radius 1 is 0.846 bits per heavy atom. The Morgan fingerprint density at radius 3 is 2.23 bits per heavy atom. The van der Waals surface area contributed by atoms with Gasteiger partial charge in [0.1, 0.15) is 5.75 Å². The van der Waals surface area contributed by atoms with Crippen molar-refractivity contribution in [1.82, 2.24) is 4.98 Å². The van der Waals surface area contributed by atoms with Gasteiger partial charge in [0.15, 0.2) is 0 Å². The van der Waals surface area contributed by atoms with Gasteiger partial charge in [-0.05, 0) is 48.6 Å². The van der Waals surface area contributed by atoms with Gasteiger partial charge >= 0.3 is 0 Å². The van der Waals surface area contributed by atoms with E-state index < -0.39 is 0 Å². The van der Waals surface area contributed by atoms with Gasteiger partial charge in [0.2, 0.25) is 0 Å². The van der Waals surface area contributed by atoms with Crippen LogP contribution in [0.2, 0.25) is 0 Å². The van der Waals surface area contributed by atoms with E-state index in [1.165, 1.54) is 49.7 Å². The zero-order valence-electron chi connectivity index (χ0n) is 16.8. The molecule has 2 heteroatoms. The number of hydrogen-bond acceptors (Lipinski definition) is 2. The van der Waals surface area contributed by atoms with Crippen LogP contribution in [-0.2, 0) is 6.42 Å². The molecule has 0 saturated carbocycles. The first-order chi connectivity index (χ1) is 12.7. The summed E-state index contributed by atoms with van der Waals surface area (Å²) in [5.41, 5.74) is 3.78. The fraction of sp³-hybridized carbons (Fsp3) is 0.542. The molecule has 0 radical (unpaired) electrons. The van der Waals surface area contributed by atoms with Crippen LogP contribution in [0.25, 0.3) is 0 Å². The summed E-state index contributed by atoms with van der Waals surface area (Å²) in [5.74, 6) is 1.25. The number of aromatic nitrogens is 1. The van der Waals surface area contributed by atoms with Crippen molar-refractivity contribution < 1.29 is 4.74 Å². The van der Waals surface area contributed by atoms with Crippen LogP contribution in [0, 0.1) is 0 Å². The Hall–Kier alpha value is -1.83. The summed E-state index contributed by atoms with van der Waals surface area (Å²) in [6, 6.07) is 12.9. The van der Waals surface area contributed by atoms with E-state index in [0.29, 0.717) is 5.92 Å². The second kappa shape index (κ2) is 11.7. The van der Waals surface area contributed by atoms with Crippen molar-refractivity contribution in [2.24, 2.45) is 0 Å². The standard InChI is InChI=1S/C24H35NO/c1-4-6-7-8-9-10-11-21-12-17-24(25-19-21)20(3)22-13-15-23(16-14-22)26-18-5-2/h12-17,19-20H,4-11,18H2,1-3H3. The number of hydrogen-bond donors (Lipinski definition) is 0. The number of benzene rings is 1. The molecular formula is C24H35NO. The molecule has 0 fully saturated rings. The Labute approximate surface area is 160 Å². The van der Waals surface area contributed by atoms with E-state index in [-0.39, 0.29) is 0 Å². The summed E-state index contributed by atoms with van der Waals surface area (Å²) in [7, 11) is 0. The highest BCUT2D eigenvalue weighted by molar-refractivity contribution is 5.33. The van der Waals surface area contributed by atoms with Crippen molar-refractivity contribution in [2.45, 2.75) is 78.1 Å². The van der Waals surface area contributed by atoms with E-state index in [9.17, 15) is 0 Å². The van der Waals surface area contributed by atoms with Crippen molar-refractivity contribution in [2.75, 3.05) is 6.61 Å². The number of aryl methyl sites for hydroxylation is 1. The molecule has 0 amide bonds. The molecule has 0 aliphatic rings. The maximum atomic E-state index is 5.66. The zero-order chi connectivity index (χ0) is 18.6. The van der Waals surface area contributed by atoms with Gasteiger partial charge in [0.25, 0.3) is 0 Å². The maximum Gasteiger partial charge on any atom is 0.119 e. The largest absolute Gasteiger partial charge is 0.494 e. The lowest BCUT2D eigenvalue weighted by Crippen LogP contribution is -2.01. The summed E-state index contributed by atoms with van der Waals surface area (Å²) in [6.45, 7) is 7.38. The van der Waals surface area contributed by atoms with Gasteiger partial charge < -0.3 is 4.74 Å². The van der Waals surface area contributed by atoms with E-state index in [0.717, 1.165) is 30.9 Å². The highest BCUT2D eigenvalue weighted by Gasteiger charge is 2.10. The average molecular weight is 354 g/mol. The highest BCUT2D eigenvalue weighted by Crippen LogP contribution is 2.25. The van der Waals surface area contributed by atoms with E-state index in [1.807, 2.05) is 0 Å². The number of unbranched alkanes of at least 4 members (excludes halogenated alkanes) is 5. The predicted molar refractivity (Wildman–Crippen MR) is 111 cm³/mol. The van der Waals surface area contributed by atoms with Crippen LogP contribution in [0.4, 0.5) is 0 Å². The SMILES string of the molecule is CCCCCCCCc1ccc(C(C)c2ccc(OCCC)cc2)nc1. The third-order valence-electron chi connectivity index (χ3n) is 4.96. The van der Waals surface area contributed by atoms with Gasteiger partial charge in [-0.15, -0.1) is 0 Å². The summed E-state index contributed by atoms with van der Waals surface area (Å²) in [6.07, 6.45) is 12.3. The van der Waals surface area contributed by atoms with Crippen LogP contribution in [0.1, 0.15) is 88.5 Å². The third-order valence-corrected chi connectivity index (χ3v) is 4.96. The lowest BCUT2D eigenvalue weighted by Gasteiger charge is -2.13. The summed E-state index contributed by atoms with van der Waals surface area (Å²) in [5, 5.41) is 0. The minimum atomic E-state index is 0.304.